The predicted octanol–water partition coefficient (Wildman–Crippen LogP) is 4.48. The number of hydrogen-bond acceptors (Lipinski definition) is 4. The first-order valence-electron chi connectivity index (χ1n) is 10.6. The van der Waals surface area contributed by atoms with Gasteiger partial charge in [-0.25, -0.2) is 0 Å². The maximum absolute atomic E-state index is 13.2. The highest BCUT2D eigenvalue weighted by Gasteiger charge is 2.32. The van der Waals surface area contributed by atoms with Crippen molar-refractivity contribution < 1.29 is 14.3 Å². The van der Waals surface area contributed by atoms with Crippen molar-refractivity contribution in [3.05, 3.63) is 53.6 Å². The Kier molecular flexibility index (Phi) is 6.23. The average Bonchev–Trinajstić information content (AvgIpc) is 2.79. The van der Waals surface area contributed by atoms with Gasteiger partial charge in [-0.2, -0.15) is 0 Å². The summed E-state index contributed by atoms with van der Waals surface area (Å²) in [5.74, 6) is 1.27. The van der Waals surface area contributed by atoms with Crippen LogP contribution >= 0.6 is 12.2 Å². The molecule has 6 heteroatoms. The fraction of sp³-hybridized carbons (Fsp3) is 0.417. The zero-order valence-electron chi connectivity index (χ0n) is 17.6. The van der Waals surface area contributed by atoms with E-state index in [1.165, 1.54) is 11.3 Å². The lowest BCUT2D eigenvalue weighted by atomic mass is 9.95. The van der Waals surface area contributed by atoms with Crippen LogP contribution in [0.5, 0.6) is 11.5 Å². The van der Waals surface area contributed by atoms with Crippen LogP contribution in [0.4, 0.5) is 5.69 Å². The predicted molar refractivity (Wildman–Crippen MR) is 123 cm³/mol. The molecule has 2 aliphatic rings. The molecule has 0 aromatic heterocycles. The number of amides is 1. The van der Waals surface area contributed by atoms with Gasteiger partial charge in [-0.3, -0.25) is 4.79 Å². The van der Waals surface area contributed by atoms with Crippen molar-refractivity contribution in [3.8, 4) is 11.5 Å². The van der Waals surface area contributed by atoms with Crippen molar-refractivity contribution in [2.24, 2.45) is 0 Å². The number of aryl methyl sites for hydroxylation is 1. The lowest BCUT2D eigenvalue weighted by Gasteiger charge is -2.42. The second-order valence-corrected chi connectivity index (χ2v) is 8.18. The number of piperidine rings is 1. The van der Waals surface area contributed by atoms with Crippen molar-refractivity contribution in [2.75, 3.05) is 31.7 Å². The van der Waals surface area contributed by atoms with Crippen LogP contribution in [-0.2, 0) is 6.42 Å². The summed E-state index contributed by atoms with van der Waals surface area (Å²) in [5, 5.41) is 0. The standard InChI is InChI=1S/C24H28N2O3S/c1-3-29-19-9-10-20(22(16-19)28-2)24(27)25-14-12-18(13-15-25)26-21-7-5-4-6-17(21)8-11-23(26)30/h4-7,9-10,16,18H,3,8,11-15H2,1-2H3. The summed E-state index contributed by atoms with van der Waals surface area (Å²) >= 11 is 5.73. The lowest BCUT2D eigenvalue weighted by molar-refractivity contribution is 0.0711. The number of methoxy groups -OCH3 is 1. The Hall–Kier alpha value is -2.60. The van der Waals surface area contributed by atoms with E-state index in [9.17, 15) is 4.79 Å². The topological polar surface area (TPSA) is 42.0 Å². The molecule has 0 radical (unpaired) electrons. The summed E-state index contributed by atoms with van der Waals surface area (Å²) < 4.78 is 11.0. The van der Waals surface area contributed by atoms with E-state index in [2.05, 4.69) is 29.2 Å². The van der Waals surface area contributed by atoms with Crippen LogP contribution in [0.1, 0.15) is 42.1 Å². The van der Waals surface area contributed by atoms with Crippen molar-refractivity contribution in [1.82, 2.24) is 4.90 Å². The Balaban J connectivity index is 1.46. The molecule has 0 bridgehead atoms. The van der Waals surface area contributed by atoms with Gasteiger partial charge in [0.25, 0.3) is 5.91 Å². The van der Waals surface area contributed by atoms with Crippen molar-refractivity contribution in [3.63, 3.8) is 0 Å². The van der Waals surface area contributed by atoms with Crippen LogP contribution in [0.25, 0.3) is 0 Å². The number of anilines is 1. The Morgan fingerprint density at radius 2 is 1.90 bits per heavy atom. The Bertz CT molecular complexity index is 938. The first-order valence-corrected chi connectivity index (χ1v) is 11.0. The van der Waals surface area contributed by atoms with E-state index in [-0.39, 0.29) is 5.91 Å². The average molecular weight is 425 g/mol. The first-order chi connectivity index (χ1) is 14.6. The molecule has 0 N–H and O–H groups in total. The summed E-state index contributed by atoms with van der Waals surface area (Å²) in [6.45, 7) is 3.93. The number of hydrogen-bond donors (Lipinski definition) is 0. The number of carbonyl (C=O) groups is 1. The minimum Gasteiger partial charge on any atom is -0.496 e. The van der Waals surface area contributed by atoms with Gasteiger partial charge in [0.15, 0.2) is 0 Å². The summed E-state index contributed by atoms with van der Waals surface area (Å²) in [4.78, 5) is 18.4. The van der Waals surface area contributed by atoms with Crippen molar-refractivity contribution >= 4 is 28.8 Å². The number of ether oxygens (including phenoxy) is 2. The fourth-order valence-electron chi connectivity index (χ4n) is 4.46. The molecule has 2 aromatic rings. The first kappa shape index (κ1) is 20.7. The van der Waals surface area contributed by atoms with Crippen LogP contribution < -0.4 is 14.4 Å². The molecule has 158 valence electrons. The number of benzene rings is 2. The molecule has 1 fully saturated rings. The Labute approximate surface area is 183 Å². The molecule has 0 aliphatic carbocycles. The van der Waals surface area contributed by atoms with Gasteiger partial charge in [0, 0.05) is 37.3 Å². The summed E-state index contributed by atoms with van der Waals surface area (Å²) in [6.07, 6.45) is 3.74. The minimum atomic E-state index is 0.00923. The molecule has 2 aliphatic heterocycles. The van der Waals surface area contributed by atoms with Crippen LogP contribution in [-0.4, -0.2) is 48.6 Å². The quantitative estimate of drug-likeness (QED) is 0.662. The number of carbonyl (C=O) groups excluding carboxylic acids is 1. The van der Waals surface area contributed by atoms with Gasteiger partial charge < -0.3 is 19.3 Å². The van der Waals surface area contributed by atoms with E-state index in [1.54, 1.807) is 19.2 Å². The van der Waals surface area contributed by atoms with Crippen LogP contribution in [0, 0.1) is 0 Å². The molecule has 2 aromatic carbocycles. The third-order valence-electron chi connectivity index (χ3n) is 5.96. The van der Waals surface area contributed by atoms with Crippen molar-refractivity contribution in [2.45, 2.75) is 38.6 Å². The highest BCUT2D eigenvalue weighted by atomic mass is 32.1. The zero-order chi connectivity index (χ0) is 21.1. The number of fused-ring (bicyclic) bond motifs is 1. The number of rotatable bonds is 5. The second-order valence-electron chi connectivity index (χ2n) is 7.71. The van der Waals surface area contributed by atoms with Gasteiger partial charge in [-0.05, 0) is 49.9 Å². The molecule has 4 rings (SSSR count). The monoisotopic (exact) mass is 424 g/mol. The van der Waals surface area contributed by atoms with Gasteiger partial charge in [-0.1, -0.05) is 30.4 Å². The highest BCUT2D eigenvalue weighted by Crippen LogP contribution is 2.34. The molecule has 2 heterocycles. The van der Waals surface area contributed by atoms with E-state index < -0.39 is 0 Å². The number of thiocarbonyl (C=S) groups is 1. The summed E-state index contributed by atoms with van der Waals surface area (Å²) in [6, 6.07) is 14.3. The van der Waals surface area contributed by atoms with E-state index in [0.717, 1.165) is 30.7 Å². The van der Waals surface area contributed by atoms with Gasteiger partial charge in [0.05, 0.1) is 24.3 Å². The van der Waals surface area contributed by atoms with Gasteiger partial charge in [-0.15, -0.1) is 0 Å². The molecule has 1 amide bonds. The highest BCUT2D eigenvalue weighted by molar-refractivity contribution is 7.80. The van der Waals surface area contributed by atoms with Gasteiger partial charge >= 0.3 is 0 Å². The number of likely N-dealkylation sites (tertiary alicyclic amines) is 1. The summed E-state index contributed by atoms with van der Waals surface area (Å²) in [5.41, 5.74) is 3.19. The van der Waals surface area contributed by atoms with E-state index in [4.69, 9.17) is 21.7 Å². The van der Waals surface area contributed by atoms with E-state index in [0.29, 0.717) is 42.8 Å². The van der Waals surface area contributed by atoms with E-state index >= 15 is 0 Å². The van der Waals surface area contributed by atoms with Crippen LogP contribution in [0.15, 0.2) is 42.5 Å². The van der Waals surface area contributed by atoms with Crippen molar-refractivity contribution in [1.29, 1.82) is 0 Å². The second kappa shape index (κ2) is 9.04. The largest absolute Gasteiger partial charge is 0.496 e. The zero-order valence-corrected chi connectivity index (χ0v) is 18.4. The van der Waals surface area contributed by atoms with Gasteiger partial charge in [0.2, 0.25) is 0 Å². The van der Waals surface area contributed by atoms with Crippen LogP contribution in [0.2, 0.25) is 0 Å². The number of nitrogens with zero attached hydrogens (tertiary/aromatic N) is 2. The molecular weight excluding hydrogens is 396 g/mol. The Morgan fingerprint density at radius 3 is 2.63 bits per heavy atom. The molecule has 0 unspecified atom stereocenters. The molecule has 5 nitrogen and oxygen atoms in total. The molecule has 30 heavy (non-hydrogen) atoms. The number of para-hydroxylation sites is 1. The SMILES string of the molecule is CCOc1ccc(C(=O)N2CCC(N3C(=S)CCc4ccccc43)CC2)c(OC)c1. The van der Waals surface area contributed by atoms with E-state index in [1.807, 2.05) is 17.9 Å². The van der Waals surface area contributed by atoms with Crippen LogP contribution in [0.3, 0.4) is 0 Å². The minimum absolute atomic E-state index is 0.00923. The fourth-order valence-corrected chi connectivity index (χ4v) is 4.81. The maximum atomic E-state index is 13.2. The third kappa shape index (κ3) is 4.01. The lowest BCUT2D eigenvalue weighted by Crippen LogP contribution is -2.50. The third-order valence-corrected chi connectivity index (χ3v) is 6.36. The Morgan fingerprint density at radius 1 is 1.13 bits per heavy atom. The maximum Gasteiger partial charge on any atom is 0.257 e. The molecule has 0 atom stereocenters. The molecule has 0 spiro atoms. The normalized spacial score (nSPS) is 16.9. The molecular formula is C24H28N2O3S. The summed E-state index contributed by atoms with van der Waals surface area (Å²) in [7, 11) is 1.59. The van der Waals surface area contributed by atoms with Gasteiger partial charge in [0.1, 0.15) is 11.5 Å². The smallest absolute Gasteiger partial charge is 0.257 e. The molecule has 1 saturated heterocycles. The molecule has 0 saturated carbocycles.